The number of nitrogens with one attached hydrogen (secondary N) is 2. The fraction of sp³-hybridized carbons (Fsp3) is 0.400. The van der Waals surface area contributed by atoms with Gasteiger partial charge in [-0.25, -0.2) is 4.98 Å². The van der Waals surface area contributed by atoms with Crippen molar-refractivity contribution in [3.8, 4) is 0 Å². The minimum Gasteiger partial charge on any atom is -0.323 e. The summed E-state index contributed by atoms with van der Waals surface area (Å²) in [4.78, 5) is 15.8. The van der Waals surface area contributed by atoms with E-state index in [2.05, 4.69) is 31.5 Å². The highest BCUT2D eigenvalue weighted by atomic mass is 79.9. The van der Waals surface area contributed by atoms with Gasteiger partial charge in [0.25, 0.3) is 0 Å². The van der Waals surface area contributed by atoms with E-state index in [0.29, 0.717) is 10.8 Å². The summed E-state index contributed by atoms with van der Waals surface area (Å²) in [6.07, 6.45) is 2.46. The lowest BCUT2D eigenvalue weighted by molar-refractivity contribution is -0.119. The first-order valence-electron chi connectivity index (χ1n) is 4.99. The third-order valence-corrected chi connectivity index (χ3v) is 3.23. The van der Waals surface area contributed by atoms with Gasteiger partial charge in [0, 0.05) is 17.2 Å². The molecule has 2 heterocycles. The Balaban J connectivity index is 2.07. The summed E-state index contributed by atoms with van der Waals surface area (Å²) in [5.74, 6) is 0.0156. The minimum atomic E-state index is -0.00759. The summed E-state index contributed by atoms with van der Waals surface area (Å²) < 4.78 is 0.789. The Morgan fingerprint density at radius 3 is 3.19 bits per heavy atom. The number of halogens is 2. The zero-order valence-corrected chi connectivity index (χ0v) is 10.8. The van der Waals surface area contributed by atoms with Gasteiger partial charge in [0.1, 0.15) is 0 Å². The number of anilines is 1. The maximum absolute atomic E-state index is 11.8. The Bertz CT molecular complexity index is 407. The van der Waals surface area contributed by atoms with Crippen molar-refractivity contribution >= 4 is 39.1 Å². The Morgan fingerprint density at radius 2 is 2.50 bits per heavy atom. The number of carbonyl (C=O) groups is 1. The van der Waals surface area contributed by atoms with E-state index in [4.69, 9.17) is 11.6 Å². The van der Waals surface area contributed by atoms with Crippen molar-refractivity contribution in [2.24, 2.45) is 5.92 Å². The van der Waals surface area contributed by atoms with Crippen LogP contribution in [-0.2, 0) is 4.79 Å². The molecule has 1 aromatic heterocycles. The average Bonchev–Trinajstić information content (AvgIpc) is 2.76. The quantitative estimate of drug-likeness (QED) is 0.822. The van der Waals surface area contributed by atoms with Crippen molar-refractivity contribution < 1.29 is 4.79 Å². The van der Waals surface area contributed by atoms with E-state index in [0.717, 1.165) is 24.0 Å². The molecule has 16 heavy (non-hydrogen) atoms. The van der Waals surface area contributed by atoms with Crippen molar-refractivity contribution in [1.29, 1.82) is 0 Å². The number of rotatable bonds is 2. The number of nitrogens with zero attached hydrogens (tertiary/aromatic N) is 1. The molecule has 0 saturated carbocycles. The van der Waals surface area contributed by atoms with Crippen LogP contribution in [0.3, 0.4) is 0 Å². The molecule has 0 spiro atoms. The van der Waals surface area contributed by atoms with Crippen molar-refractivity contribution in [3.63, 3.8) is 0 Å². The van der Waals surface area contributed by atoms with Crippen molar-refractivity contribution in [2.75, 3.05) is 18.4 Å². The van der Waals surface area contributed by atoms with E-state index in [-0.39, 0.29) is 11.8 Å². The SMILES string of the molecule is O=C(Nc1cc(Br)cnc1Cl)C1CCNC1. The van der Waals surface area contributed by atoms with Gasteiger partial charge in [-0.1, -0.05) is 11.6 Å². The second kappa shape index (κ2) is 5.12. The number of pyridine rings is 1. The molecule has 1 aliphatic rings. The molecule has 1 unspecified atom stereocenters. The third kappa shape index (κ3) is 2.72. The molecular formula is C10H11BrClN3O. The number of aromatic nitrogens is 1. The molecule has 1 fully saturated rings. The van der Waals surface area contributed by atoms with Crippen LogP contribution in [0.1, 0.15) is 6.42 Å². The van der Waals surface area contributed by atoms with E-state index in [9.17, 15) is 4.79 Å². The molecule has 86 valence electrons. The first-order valence-corrected chi connectivity index (χ1v) is 6.16. The fourth-order valence-corrected chi connectivity index (χ4v) is 2.11. The highest BCUT2D eigenvalue weighted by molar-refractivity contribution is 9.10. The monoisotopic (exact) mass is 303 g/mol. The molecule has 0 aliphatic carbocycles. The molecule has 0 bridgehead atoms. The molecule has 1 amide bonds. The smallest absolute Gasteiger partial charge is 0.228 e. The zero-order chi connectivity index (χ0) is 11.5. The van der Waals surface area contributed by atoms with Gasteiger partial charge in [-0.15, -0.1) is 0 Å². The standard InChI is InChI=1S/C10H11BrClN3O/c11-7-3-8(9(12)14-5-7)15-10(16)6-1-2-13-4-6/h3,5-6,13H,1-2,4H2,(H,15,16). The molecule has 0 aromatic carbocycles. The van der Waals surface area contributed by atoms with E-state index in [1.807, 2.05) is 0 Å². The fourth-order valence-electron chi connectivity index (χ4n) is 1.62. The van der Waals surface area contributed by atoms with Crippen LogP contribution in [0.4, 0.5) is 5.69 Å². The van der Waals surface area contributed by atoms with Crippen LogP contribution in [-0.4, -0.2) is 24.0 Å². The molecule has 4 nitrogen and oxygen atoms in total. The van der Waals surface area contributed by atoms with Gasteiger partial charge in [-0.05, 0) is 35.0 Å². The van der Waals surface area contributed by atoms with E-state index in [1.165, 1.54) is 0 Å². The van der Waals surface area contributed by atoms with Crippen LogP contribution in [0.5, 0.6) is 0 Å². The van der Waals surface area contributed by atoms with Gasteiger partial charge in [-0.3, -0.25) is 4.79 Å². The number of hydrogen-bond donors (Lipinski definition) is 2. The normalized spacial score (nSPS) is 19.8. The summed E-state index contributed by atoms with van der Waals surface area (Å²) in [6, 6.07) is 1.75. The summed E-state index contributed by atoms with van der Waals surface area (Å²) >= 11 is 9.17. The Labute approximate surface area is 107 Å². The Morgan fingerprint density at radius 1 is 1.69 bits per heavy atom. The second-order valence-electron chi connectivity index (χ2n) is 3.67. The topological polar surface area (TPSA) is 54.0 Å². The highest BCUT2D eigenvalue weighted by Gasteiger charge is 2.22. The minimum absolute atomic E-state index is 0.00759. The van der Waals surface area contributed by atoms with Gasteiger partial charge in [0.05, 0.1) is 11.6 Å². The molecule has 1 atom stereocenters. The molecule has 2 N–H and O–H groups in total. The van der Waals surface area contributed by atoms with Crippen molar-refractivity contribution in [1.82, 2.24) is 10.3 Å². The van der Waals surface area contributed by atoms with E-state index in [1.54, 1.807) is 12.3 Å². The van der Waals surface area contributed by atoms with Crippen LogP contribution < -0.4 is 10.6 Å². The van der Waals surface area contributed by atoms with Crippen molar-refractivity contribution in [2.45, 2.75) is 6.42 Å². The van der Waals surface area contributed by atoms with E-state index >= 15 is 0 Å². The van der Waals surface area contributed by atoms with Gasteiger partial charge in [0.15, 0.2) is 5.15 Å². The summed E-state index contributed by atoms with van der Waals surface area (Å²) in [5, 5.41) is 6.24. The Hall–Kier alpha value is -0.650. The maximum Gasteiger partial charge on any atom is 0.228 e. The third-order valence-electron chi connectivity index (χ3n) is 2.49. The molecular weight excluding hydrogens is 293 g/mol. The van der Waals surface area contributed by atoms with Crippen LogP contribution in [0, 0.1) is 5.92 Å². The lowest BCUT2D eigenvalue weighted by Gasteiger charge is -2.10. The molecule has 1 saturated heterocycles. The average molecular weight is 305 g/mol. The van der Waals surface area contributed by atoms with Gasteiger partial charge < -0.3 is 10.6 Å². The first kappa shape index (κ1) is 11.8. The summed E-state index contributed by atoms with van der Waals surface area (Å²) in [5.41, 5.74) is 0.549. The van der Waals surface area contributed by atoms with Crippen LogP contribution >= 0.6 is 27.5 Å². The van der Waals surface area contributed by atoms with E-state index < -0.39 is 0 Å². The lowest BCUT2D eigenvalue weighted by Crippen LogP contribution is -2.24. The molecule has 6 heteroatoms. The lowest BCUT2D eigenvalue weighted by atomic mass is 10.1. The predicted octanol–water partition coefficient (Wildman–Crippen LogP) is 2.05. The predicted molar refractivity (Wildman–Crippen MR) is 66.6 cm³/mol. The molecule has 0 radical (unpaired) electrons. The largest absolute Gasteiger partial charge is 0.323 e. The molecule has 1 aliphatic heterocycles. The summed E-state index contributed by atoms with van der Waals surface area (Å²) in [6.45, 7) is 1.62. The van der Waals surface area contributed by atoms with Crippen LogP contribution in [0.25, 0.3) is 0 Å². The van der Waals surface area contributed by atoms with Crippen LogP contribution in [0.2, 0.25) is 5.15 Å². The maximum atomic E-state index is 11.8. The molecule has 1 aromatic rings. The van der Waals surface area contributed by atoms with Crippen LogP contribution in [0.15, 0.2) is 16.7 Å². The van der Waals surface area contributed by atoms with Crippen molar-refractivity contribution in [3.05, 3.63) is 21.9 Å². The number of hydrogen-bond acceptors (Lipinski definition) is 3. The Kier molecular flexibility index (Phi) is 3.78. The summed E-state index contributed by atoms with van der Waals surface area (Å²) in [7, 11) is 0. The zero-order valence-electron chi connectivity index (χ0n) is 8.46. The molecule has 2 rings (SSSR count). The van der Waals surface area contributed by atoms with Gasteiger partial charge in [-0.2, -0.15) is 0 Å². The number of amides is 1. The number of carbonyl (C=O) groups excluding carboxylic acids is 1. The highest BCUT2D eigenvalue weighted by Crippen LogP contribution is 2.24. The second-order valence-corrected chi connectivity index (χ2v) is 4.94. The van der Waals surface area contributed by atoms with Gasteiger partial charge >= 0.3 is 0 Å². The van der Waals surface area contributed by atoms with Gasteiger partial charge in [0.2, 0.25) is 5.91 Å². The first-order chi connectivity index (χ1) is 7.66.